The Hall–Kier alpha value is -2.06. The van der Waals surface area contributed by atoms with Crippen LogP contribution >= 0.6 is 11.3 Å². The van der Waals surface area contributed by atoms with E-state index in [1.165, 1.54) is 0 Å². The average molecular weight is 388 g/mol. The first-order valence-corrected chi connectivity index (χ1v) is 10.2. The van der Waals surface area contributed by atoms with E-state index in [2.05, 4.69) is 20.3 Å². The number of likely N-dealkylation sites (tertiary alicyclic amines) is 1. The third-order valence-corrected chi connectivity index (χ3v) is 6.27. The number of carbonyl (C=O) groups excluding carboxylic acids is 1. The van der Waals surface area contributed by atoms with Crippen LogP contribution in [-0.4, -0.2) is 51.1 Å². The maximum atomic E-state index is 11.5. The number of thiazole rings is 1. The van der Waals surface area contributed by atoms with Gasteiger partial charge < -0.3 is 15.0 Å². The zero-order valence-electron chi connectivity index (χ0n) is 15.8. The molecule has 144 valence electrons. The van der Waals surface area contributed by atoms with Crippen LogP contribution in [-0.2, 0) is 16.0 Å². The van der Waals surface area contributed by atoms with Gasteiger partial charge in [0, 0.05) is 43.7 Å². The highest BCUT2D eigenvalue weighted by atomic mass is 32.1. The van der Waals surface area contributed by atoms with Crippen molar-refractivity contribution < 1.29 is 9.53 Å². The zero-order valence-corrected chi connectivity index (χ0v) is 16.6. The Bertz CT molecular complexity index is 816. The summed E-state index contributed by atoms with van der Waals surface area (Å²) in [6, 6.07) is 1.87. The van der Waals surface area contributed by atoms with Crippen molar-refractivity contribution >= 4 is 28.2 Å². The van der Waals surface area contributed by atoms with Crippen LogP contribution in [0.2, 0.25) is 0 Å². The number of piperidine rings is 1. The minimum absolute atomic E-state index is 0.0646. The highest BCUT2D eigenvalue weighted by Crippen LogP contribution is 2.39. The van der Waals surface area contributed by atoms with Crippen molar-refractivity contribution in [3.8, 4) is 0 Å². The summed E-state index contributed by atoms with van der Waals surface area (Å²) in [5.41, 5.74) is -0.0646. The van der Waals surface area contributed by atoms with Crippen LogP contribution in [0.25, 0.3) is 0 Å². The predicted molar refractivity (Wildman–Crippen MR) is 104 cm³/mol. The summed E-state index contributed by atoms with van der Waals surface area (Å²) in [7, 11) is 0. The lowest BCUT2D eigenvalue weighted by atomic mass is 9.84. The van der Waals surface area contributed by atoms with Crippen LogP contribution in [0.3, 0.4) is 0 Å². The number of nitrogens with one attached hydrogen (secondary N) is 1. The molecule has 2 aliphatic rings. The molecule has 27 heavy (non-hydrogen) atoms. The van der Waals surface area contributed by atoms with E-state index in [-0.39, 0.29) is 11.5 Å². The minimum atomic E-state index is -0.0646. The Morgan fingerprint density at radius 1 is 1.41 bits per heavy atom. The van der Waals surface area contributed by atoms with E-state index in [1.807, 2.05) is 24.1 Å². The molecule has 1 N–H and O–H groups in total. The number of hydrogen-bond donors (Lipinski definition) is 1. The number of hydrogen-bond acceptors (Lipinski definition) is 7. The molecule has 4 heterocycles. The molecule has 7 nitrogen and oxygen atoms in total. The van der Waals surface area contributed by atoms with Crippen LogP contribution in [0, 0.1) is 12.8 Å². The first-order valence-electron chi connectivity index (χ1n) is 9.42. The Kier molecular flexibility index (Phi) is 5.10. The van der Waals surface area contributed by atoms with E-state index in [0.717, 1.165) is 67.0 Å². The molecule has 0 saturated carbocycles. The van der Waals surface area contributed by atoms with Gasteiger partial charge in [-0.25, -0.2) is 15.0 Å². The summed E-state index contributed by atoms with van der Waals surface area (Å²) in [6.07, 6.45) is 7.32. The number of aromatic nitrogens is 3. The molecule has 2 aromatic rings. The van der Waals surface area contributed by atoms with Crippen molar-refractivity contribution in [2.45, 2.75) is 45.1 Å². The van der Waals surface area contributed by atoms with E-state index in [1.54, 1.807) is 24.5 Å². The van der Waals surface area contributed by atoms with Crippen LogP contribution in [0.15, 0.2) is 18.5 Å². The maximum absolute atomic E-state index is 11.5. The highest BCUT2D eigenvalue weighted by Gasteiger charge is 2.43. The Morgan fingerprint density at radius 2 is 2.22 bits per heavy atom. The average Bonchev–Trinajstić information content (AvgIpc) is 3.22. The topological polar surface area (TPSA) is 80.2 Å². The van der Waals surface area contributed by atoms with E-state index in [0.29, 0.717) is 5.92 Å². The Labute approximate surface area is 163 Å². The standard InChI is InChI=1S/C19H25N5O2S/c1-13-11-21-18(27-13)23-16-3-6-20-17(22-16)9-15-10-19(26-12-15)4-7-24(8-5-19)14(2)25/h3,6,11,15H,4-5,7-10,12H2,1-2H3,(H,20,21,22,23). The third kappa shape index (κ3) is 4.27. The summed E-state index contributed by atoms with van der Waals surface area (Å²) in [6.45, 7) is 6.01. The van der Waals surface area contributed by atoms with Crippen molar-refractivity contribution in [1.29, 1.82) is 0 Å². The van der Waals surface area contributed by atoms with Gasteiger partial charge in [0.15, 0.2) is 5.13 Å². The van der Waals surface area contributed by atoms with Crippen molar-refractivity contribution in [2.75, 3.05) is 25.0 Å². The molecule has 2 fully saturated rings. The molecule has 1 unspecified atom stereocenters. The summed E-state index contributed by atoms with van der Waals surface area (Å²) in [4.78, 5) is 28.0. The van der Waals surface area contributed by atoms with E-state index < -0.39 is 0 Å². The molecular formula is C19H25N5O2S. The molecule has 2 aliphatic heterocycles. The van der Waals surface area contributed by atoms with Crippen molar-refractivity contribution in [1.82, 2.24) is 19.9 Å². The van der Waals surface area contributed by atoms with Gasteiger partial charge in [0.2, 0.25) is 5.91 Å². The summed E-state index contributed by atoms with van der Waals surface area (Å²) in [5.74, 6) is 2.19. The molecule has 0 bridgehead atoms. The molecule has 4 rings (SSSR count). The van der Waals surface area contributed by atoms with Gasteiger partial charge in [-0.1, -0.05) is 0 Å². The molecule has 0 aromatic carbocycles. The molecule has 0 radical (unpaired) electrons. The summed E-state index contributed by atoms with van der Waals surface area (Å²) < 4.78 is 6.21. The second-order valence-corrected chi connectivity index (χ2v) is 8.77. The molecule has 1 spiro atoms. The number of ether oxygens (including phenoxy) is 1. The fraction of sp³-hybridized carbons (Fsp3) is 0.579. The summed E-state index contributed by atoms with van der Waals surface area (Å²) in [5, 5.41) is 4.09. The number of carbonyl (C=O) groups is 1. The molecule has 0 aliphatic carbocycles. The normalized spacial score (nSPS) is 21.6. The Balaban J connectivity index is 1.35. The van der Waals surface area contributed by atoms with E-state index in [9.17, 15) is 4.79 Å². The maximum Gasteiger partial charge on any atom is 0.219 e. The summed E-state index contributed by atoms with van der Waals surface area (Å²) >= 11 is 1.61. The van der Waals surface area contributed by atoms with Crippen molar-refractivity contribution in [2.24, 2.45) is 5.92 Å². The molecule has 1 atom stereocenters. The minimum Gasteiger partial charge on any atom is -0.375 e. The van der Waals surface area contributed by atoms with Crippen LogP contribution in [0.5, 0.6) is 0 Å². The number of anilines is 2. The second-order valence-electron chi connectivity index (χ2n) is 7.53. The SMILES string of the molecule is CC(=O)N1CCC2(CC1)CC(Cc1nccc(Nc3ncc(C)s3)n1)CO2. The lowest BCUT2D eigenvalue weighted by Gasteiger charge is -2.38. The predicted octanol–water partition coefficient (Wildman–Crippen LogP) is 2.95. The number of rotatable bonds is 4. The van der Waals surface area contributed by atoms with Gasteiger partial charge >= 0.3 is 0 Å². The van der Waals surface area contributed by atoms with Gasteiger partial charge in [0.1, 0.15) is 11.6 Å². The van der Waals surface area contributed by atoms with Gasteiger partial charge in [-0.3, -0.25) is 4.79 Å². The monoisotopic (exact) mass is 387 g/mol. The van der Waals surface area contributed by atoms with Crippen LogP contribution in [0.4, 0.5) is 10.9 Å². The van der Waals surface area contributed by atoms with Gasteiger partial charge in [-0.2, -0.15) is 0 Å². The molecule has 1 amide bonds. The quantitative estimate of drug-likeness (QED) is 0.869. The highest BCUT2D eigenvalue weighted by molar-refractivity contribution is 7.15. The van der Waals surface area contributed by atoms with Crippen LogP contribution < -0.4 is 5.32 Å². The van der Waals surface area contributed by atoms with Gasteiger partial charge in [-0.15, -0.1) is 11.3 Å². The van der Waals surface area contributed by atoms with Crippen molar-refractivity contribution in [3.63, 3.8) is 0 Å². The van der Waals surface area contributed by atoms with E-state index >= 15 is 0 Å². The molecule has 2 aromatic heterocycles. The first-order chi connectivity index (χ1) is 13.0. The largest absolute Gasteiger partial charge is 0.375 e. The number of amides is 1. The molecule has 8 heteroatoms. The van der Waals surface area contributed by atoms with Gasteiger partial charge in [0.05, 0.1) is 12.2 Å². The van der Waals surface area contributed by atoms with Gasteiger partial charge in [0.25, 0.3) is 0 Å². The fourth-order valence-electron chi connectivity index (χ4n) is 3.99. The first kappa shape index (κ1) is 18.3. The lowest BCUT2D eigenvalue weighted by Crippen LogP contribution is -2.45. The van der Waals surface area contributed by atoms with E-state index in [4.69, 9.17) is 4.74 Å². The molecule has 2 saturated heterocycles. The third-order valence-electron chi connectivity index (χ3n) is 5.44. The smallest absolute Gasteiger partial charge is 0.219 e. The second kappa shape index (κ2) is 7.52. The fourth-order valence-corrected chi connectivity index (χ4v) is 4.67. The number of aryl methyl sites for hydroxylation is 1. The lowest BCUT2D eigenvalue weighted by molar-refractivity contribution is -0.133. The Morgan fingerprint density at radius 3 is 2.93 bits per heavy atom. The van der Waals surface area contributed by atoms with Crippen LogP contribution in [0.1, 0.15) is 36.9 Å². The number of nitrogens with zero attached hydrogens (tertiary/aromatic N) is 4. The van der Waals surface area contributed by atoms with Gasteiger partial charge in [-0.05, 0) is 38.2 Å². The molecular weight excluding hydrogens is 362 g/mol. The zero-order chi connectivity index (χ0) is 18.9. The van der Waals surface area contributed by atoms with Crippen molar-refractivity contribution in [3.05, 3.63) is 29.2 Å².